The fourth-order valence-electron chi connectivity index (χ4n) is 2.16. The van der Waals surface area contributed by atoms with E-state index in [0.29, 0.717) is 12.1 Å². The predicted molar refractivity (Wildman–Crippen MR) is 70.1 cm³/mol. The van der Waals surface area contributed by atoms with E-state index in [1.54, 1.807) is 0 Å². The van der Waals surface area contributed by atoms with Crippen molar-refractivity contribution < 1.29 is 4.74 Å². The minimum Gasteiger partial charge on any atom is -0.374 e. The highest BCUT2D eigenvalue weighted by molar-refractivity contribution is 5.17. The summed E-state index contributed by atoms with van der Waals surface area (Å²) < 4.78 is 5.73. The Labute approximate surface area is 104 Å². The van der Waals surface area contributed by atoms with Crippen LogP contribution in [-0.2, 0) is 4.74 Å². The standard InChI is InChI=1S/C14H22N2O/c1-12(13-6-4-3-5-7-13)15-10-14-11-16(2)8-9-17-14/h3-7,12,14-15H,8-11H2,1-2H3/t12-,14?/m0/s1. The first kappa shape index (κ1) is 12.6. The Kier molecular flexibility index (Phi) is 4.54. The monoisotopic (exact) mass is 234 g/mol. The van der Waals surface area contributed by atoms with Gasteiger partial charge in [-0.2, -0.15) is 0 Å². The molecule has 0 aliphatic carbocycles. The second-order valence-electron chi connectivity index (χ2n) is 4.80. The lowest BCUT2D eigenvalue weighted by atomic mass is 10.1. The third-order valence-corrected chi connectivity index (χ3v) is 3.29. The Morgan fingerprint density at radius 2 is 2.18 bits per heavy atom. The molecule has 0 spiro atoms. The summed E-state index contributed by atoms with van der Waals surface area (Å²) in [5, 5.41) is 3.54. The SMILES string of the molecule is C[C@H](NCC1CN(C)CCO1)c1ccccc1. The lowest BCUT2D eigenvalue weighted by Gasteiger charge is -2.31. The van der Waals surface area contributed by atoms with Gasteiger partial charge in [-0.1, -0.05) is 30.3 Å². The van der Waals surface area contributed by atoms with Crippen molar-refractivity contribution >= 4 is 0 Å². The fourth-order valence-corrected chi connectivity index (χ4v) is 2.16. The minimum atomic E-state index is 0.319. The normalized spacial score (nSPS) is 23.5. The van der Waals surface area contributed by atoms with Crippen LogP contribution < -0.4 is 5.32 Å². The highest BCUT2D eigenvalue weighted by Crippen LogP contribution is 2.11. The van der Waals surface area contributed by atoms with E-state index in [4.69, 9.17) is 4.74 Å². The zero-order chi connectivity index (χ0) is 12.1. The van der Waals surface area contributed by atoms with E-state index in [2.05, 4.69) is 54.5 Å². The molecule has 0 radical (unpaired) electrons. The fraction of sp³-hybridized carbons (Fsp3) is 0.571. The Bertz CT molecular complexity index is 328. The molecule has 94 valence electrons. The number of hydrogen-bond donors (Lipinski definition) is 1. The van der Waals surface area contributed by atoms with Crippen LogP contribution in [0.1, 0.15) is 18.5 Å². The smallest absolute Gasteiger partial charge is 0.0826 e. The molecule has 1 aliphatic rings. The molecule has 3 nitrogen and oxygen atoms in total. The second kappa shape index (κ2) is 6.15. The van der Waals surface area contributed by atoms with Gasteiger partial charge in [-0.15, -0.1) is 0 Å². The molecule has 17 heavy (non-hydrogen) atoms. The lowest BCUT2D eigenvalue weighted by Crippen LogP contribution is -2.45. The van der Waals surface area contributed by atoms with Gasteiger partial charge in [0.15, 0.2) is 0 Å². The molecule has 0 aromatic heterocycles. The summed E-state index contributed by atoms with van der Waals surface area (Å²) in [5.74, 6) is 0. The van der Waals surface area contributed by atoms with Gasteiger partial charge < -0.3 is 15.0 Å². The van der Waals surface area contributed by atoms with Crippen molar-refractivity contribution in [1.82, 2.24) is 10.2 Å². The molecule has 1 N–H and O–H groups in total. The van der Waals surface area contributed by atoms with Gasteiger partial charge in [0.2, 0.25) is 0 Å². The number of likely N-dealkylation sites (N-methyl/N-ethyl adjacent to an activating group) is 1. The Balaban J connectivity index is 1.78. The quantitative estimate of drug-likeness (QED) is 0.857. The molecule has 2 atom stereocenters. The number of nitrogens with zero attached hydrogens (tertiary/aromatic N) is 1. The number of benzene rings is 1. The highest BCUT2D eigenvalue weighted by atomic mass is 16.5. The summed E-state index contributed by atoms with van der Waals surface area (Å²) >= 11 is 0. The summed E-state index contributed by atoms with van der Waals surface area (Å²) in [6.45, 7) is 6.03. The van der Waals surface area contributed by atoms with E-state index in [1.807, 2.05) is 0 Å². The van der Waals surface area contributed by atoms with Crippen molar-refractivity contribution in [2.24, 2.45) is 0 Å². The zero-order valence-electron chi connectivity index (χ0n) is 10.7. The Morgan fingerprint density at radius 3 is 2.88 bits per heavy atom. The molecule has 1 aromatic carbocycles. The van der Waals surface area contributed by atoms with E-state index in [1.165, 1.54) is 5.56 Å². The van der Waals surface area contributed by atoms with Gasteiger partial charge in [0.1, 0.15) is 0 Å². The highest BCUT2D eigenvalue weighted by Gasteiger charge is 2.18. The molecule has 1 fully saturated rings. The van der Waals surface area contributed by atoms with Gasteiger partial charge in [-0.05, 0) is 19.5 Å². The summed E-state index contributed by atoms with van der Waals surface area (Å²) in [6.07, 6.45) is 0.319. The lowest BCUT2D eigenvalue weighted by molar-refractivity contribution is -0.0190. The molecule has 1 aliphatic heterocycles. The molecule has 0 bridgehead atoms. The zero-order valence-corrected chi connectivity index (χ0v) is 10.7. The van der Waals surface area contributed by atoms with Crippen molar-refractivity contribution in [3.8, 4) is 0 Å². The maximum Gasteiger partial charge on any atom is 0.0826 e. The number of rotatable bonds is 4. The molecule has 0 saturated carbocycles. The number of nitrogens with one attached hydrogen (secondary N) is 1. The number of morpholine rings is 1. The second-order valence-corrected chi connectivity index (χ2v) is 4.80. The summed E-state index contributed by atoms with van der Waals surface area (Å²) in [5.41, 5.74) is 1.33. The largest absolute Gasteiger partial charge is 0.374 e. The molecular weight excluding hydrogens is 212 g/mol. The molecule has 1 saturated heterocycles. The van der Waals surface area contributed by atoms with Gasteiger partial charge >= 0.3 is 0 Å². The summed E-state index contributed by atoms with van der Waals surface area (Å²) in [7, 11) is 2.15. The average molecular weight is 234 g/mol. The maximum atomic E-state index is 5.73. The average Bonchev–Trinajstić information content (AvgIpc) is 2.37. The van der Waals surface area contributed by atoms with Crippen molar-refractivity contribution in [3.05, 3.63) is 35.9 Å². The van der Waals surface area contributed by atoms with Crippen LogP contribution in [0, 0.1) is 0 Å². The topological polar surface area (TPSA) is 24.5 Å². The number of hydrogen-bond acceptors (Lipinski definition) is 3. The molecule has 1 heterocycles. The summed E-state index contributed by atoms with van der Waals surface area (Å²) in [6, 6.07) is 10.9. The minimum absolute atomic E-state index is 0.319. The maximum absolute atomic E-state index is 5.73. The van der Waals surface area contributed by atoms with Crippen LogP contribution in [0.3, 0.4) is 0 Å². The van der Waals surface area contributed by atoms with Crippen LogP contribution >= 0.6 is 0 Å². The molecule has 2 rings (SSSR count). The van der Waals surface area contributed by atoms with Gasteiger partial charge in [-0.25, -0.2) is 0 Å². The van der Waals surface area contributed by atoms with E-state index in [9.17, 15) is 0 Å². The molecule has 1 unspecified atom stereocenters. The third kappa shape index (κ3) is 3.80. The first-order valence-electron chi connectivity index (χ1n) is 6.34. The van der Waals surface area contributed by atoms with Gasteiger partial charge in [-0.3, -0.25) is 0 Å². The van der Waals surface area contributed by atoms with E-state index >= 15 is 0 Å². The van der Waals surface area contributed by atoms with Gasteiger partial charge in [0.05, 0.1) is 12.7 Å². The number of ether oxygens (including phenoxy) is 1. The van der Waals surface area contributed by atoms with E-state index in [-0.39, 0.29) is 0 Å². The van der Waals surface area contributed by atoms with Crippen LogP contribution in [0.15, 0.2) is 30.3 Å². The van der Waals surface area contributed by atoms with E-state index < -0.39 is 0 Å². The summed E-state index contributed by atoms with van der Waals surface area (Å²) in [4.78, 5) is 2.32. The molecule has 0 amide bonds. The van der Waals surface area contributed by atoms with Crippen LogP contribution in [0.2, 0.25) is 0 Å². The van der Waals surface area contributed by atoms with Crippen LogP contribution in [0.5, 0.6) is 0 Å². The van der Waals surface area contributed by atoms with Gasteiger partial charge in [0.25, 0.3) is 0 Å². The first-order valence-corrected chi connectivity index (χ1v) is 6.34. The van der Waals surface area contributed by atoms with Crippen molar-refractivity contribution in [2.45, 2.75) is 19.1 Å². The Hall–Kier alpha value is -0.900. The third-order valence-electron chi connectivity index (χ3n) is 3.29. The van der Waals surface area contributed by atoms with Crippen LogP contribution in [-0.4, -0.2) is 44.3 Å². The van der Waals surface area contributed by atoms with Gasteiger partial charge in [0, 0.05) is 25.7 Å². The molecule has 3 heteroatoms. The predicted octanol–water partition coefficient (Wildman–Crippen LogP) is 1.67. The molecule has 1 aromatic rings. The van der Waals surface area contributed by atoms with E-state index in [0.717, 1.165) is 26.2 Å². The van der Waals surface area contributed by atoms with Crippen molar-refractivity contribution in [3.63, 3.8) is 0 Å². The van der Waals surface area contributed by atoms with Crippen molar-refractivity contribution in [2.75, 3.05) is 33.3 Å². The van der Waals surface area contributed by atoms with Crippen LogP contribution in [0.25, 0.3) is 0 Å². The van der Waals surface area contributed by atoms with Crippen LogP contribution in [0.4, 0.5) is 0 Å². The molecular formula is C14H22N2O. The van der Waals surface area contributed by atoms with Crippen molar-refractivity contribution in [1.29, 1.82) is 0 Å². The first-order chi connectivity index (χ1) is 8.25. The Morgan fingerprint density at radius 1 is 1.41 bits per heavy atom.